The van der Waals surface area contributed by atoms with Gasteiger partial charge in [-0.15, -0.1) is 0 Å². The Labute approximate surface area is 99.3 Å². The second-order valence-electron chi connectivity index (χ2n) is 4.05. The Morgan fingerprint density at radius 3 is 3.12 bits per heavy atom. The van der Waals surface area contributed by atoms with Gasteiger partial charge < -0.3 is 14.0 Å². The number of hydrogen-bond donors (Lipinski definition) is 0. The Morgan fingerprint density at radius 1 is 1.53 bits per heavy atom. The standard InChI is InChI=1S/C11H16N2O4/c1-15-11(14)7-10-12-9(13-17-10)6-8-4-2-3-5-16-8/h8H,2-7H2,1H3. The summed E-state index contributed by atoms with van der Waals surface area (Å²) in [5.41, 5.74) is 0. The minimum Gasteiger partial charge on any atom is -0.469 e. The van der Waals surface area contributed by atoms with E-state index in [4.69, 9.17) is 9.26 Å². The molecule has 0 radical (unpaired) electrons. The molecule has 1 aromatic heterocycles. The van der Waals surface area contributed by atoms with Crippen LogP contribution in [0.2, 0.25) is 0 Å². The van der Waals surface area contributed by atoms with Crippen LogP contribution in [-0.2, 0) is 27.1 Å². The van der Waals surface area contributed by atoms with Crippen LogP contribution < -0.4 is 0 Å². The Bertz CT molecular complexity index is 371. The van der Waals surface area contributed by atoms with E-state index in [0.29, 0.717) is 18.1 Å². The molecular formula is C11H16N2O4. The molecule has 0 bridgehead atoms. The third-order valence-electron chi connectivity index (χ3n) is 2.72. The van der Waals surface area contributed by atoms with Gasteiger partial charge in [0.05, 0.1) is 13.2 Å². The first-order valence-electron chi connectivity index (χ1n) is 5.78. The van der Waals surface area contributed by atoms with Crippen molar-refractivity contribution in [3.63, 3.8) is 0 Å². The molecule has 0 spiro atoms. The zero-order valence-electron chi connectivity index (χ0n) is 9.85. The average molecular weight is 240 g/mol. The van der Waals surface area contributed by atoms with E-state index >= 15 is 0 Å². The fourth-order valence-corrected chi connectivity index (χ4v) is 1.81. The van der Waals surface area contributed by atoms with Gasteiger partial charge in [0.1, 0.15) is 6.42 Å². The van der Waals surface area contributed by atoms with Crippen LogP contribution in [0.4, 0.5) is 0 Å². The summed E-state index contributed by atoms with van der Waals surface area (Å²) in [6.45, 7) is 0.803. The van der Waals surface area contributed by atoms with Gasteiger partial charge in [0, 0.05) is 13.0 Å². The predicted molar refractivity (Wildman–Crippen MR) is 57.3 cm³/mol. The molecule has 1 fully saturated rings. The molecule has 0 aliphatic carbocycles. The molecule has 1 atom stereocenters. The fourth-order valence-electron chi connectivity index (χ4n) is 1.81. The van der Waals surface area contributed by atoms with Gasteiger partial charge in [0.15, 0.2) is 5.82 Å². The third-order valence-corrected chi connectivity index (χ3v) is 2.72. The molecule has 0 amide bonds. The second-order valence-corrected chi connectivity index (χ2v) is 4.05. The highest BCUT2D eigenvalue weighted by atomic mass is 16.5. The number of methoxy groups -OCH3 is 1. The van der Waals surface area contributed by atoms with E-state index in [2.05, 4.69) is 14.9 Å². The van der Waals surface area contributed by atoms with E-state index < -0.39 is 0 Å². The predicted octanol–water partition coefficient (Wildman–Crippen LogP) is 0.897. The molecule has 0 saturated carbocycles. The summed E-state index contributed by atoms with van der Waals surface area (Å²) in [6.07, 6.45) is 4.17. The molecule has 0 aromatic carbocycles. The van der Waals surface area contributed by atoms with E-state index in [0.717, 1.165) is 19.4 Å². The van der Waals surface area contributed by atoms with Crippen molar-refractivity contribution in [2.24, 2.45) is 0 Å². The summed E-state index contributed by atoms with van der Waals surface area (Å²) >= 11 is 0. The van der Waals surface area contributed by atoms with E-state index in [-0.39, 0.29) is 18.5 Å². The topological polar surface area (TPSA) is 74.5 Å². The average Bonchev–Trinajstić information content (AvgIpc) is 2.77. The molecule has 6 heteroatoms. The number of rotatable bonds is 4. The number of carbonyl (C=O) groups excluding carboxylic acids is 1. The van der Waals surface area contributed by atoms with Crippen molar-refractivity contribution in [3.8, 4) is 0 Å². The van der Waals surface area contributed by atoms with Crippen molar-refractivity contribution < 1.29 is 18.8 Å². The van der Waals surface area contributed by atoms with Crippen molar-refractivity contribution in [1.82, 2.24) is 10.1 Å². The van der Waals surface area contributed by atoms with Crippen molar-refractivity contribution in [3.05, 3.63) is 11.7 Å². The van der Waals surface area contributed by atoms with E-state index in [1.54, 1.807) is 0 Å². The van der Waals surface area contributed by atoms with Crippen molar-refractivity contribution in [1.29, 1.82) is 0 Å². The Morgan fingerprint density at radius 2 is 2.41 bits per heavy atom. The van der Waals surface area contributed by atoms with Gasteiger partial charge in [-0.05, 0) is 19.3 Å². The largest absolute Gasteiger partial charge is 0.469 e. The lowest BCUT2D eigenvalue weighted by Gasteiger charge is -2.20. The summed E-state index contributed by atoms with van der Waals surface area (Å²) in [7, 11) is 1.33. The van der Waals surface area contributed by atoms with Crippen LogP contribution in [0.3, 0.4) is 0 Å². The molecule has 1 aromatic rings. The Balaban J connectivity index is 1.86. The summed E-state index contributed by atoms with van der Waals surface area (Å²) < 4.78 is 15.1. The molecule has 0 N–H and O–H groups in total. The lowest BCUT2D eigenvalue weighted by atomic mass is 10.1. The SMILES string of the molecule is COC(=O)Cc1nc(CC2CCCCO2)no1. The van der Waals surface area contributed by atoms with Crippen LogP contribution in [0.5, 0.6) is 0 Å². The highest BCUT2D eigenvalue weighted by Gasteiger charge is 2.18. The van der Waals surface area contributed by atoms with Gasteiger partial charge in [0.25, 0.3) is 0 Å². The minimum absolute atomic E-state index is 0.0228. The van der Waals surface area contributed by atoms with Crippen molar-refractivity contribution in [2.75, 3.05) is 13.7 Å². The molecule has 2 heterocycles. The van der Waals surface area contributed by atoms with E-state index in [9.17, 15) is 4.79 Å². The third kappa shape index (κ3) is 3.52. The van der Waals surface area contributed by atoms with Crippen LogP contribution in [0.25, 0.3) is 0 Å². The highest BCUT2D eigenvalue weighted by molar-refractivity contribution is 5.70. The monoisotopic (exact) mass is 240 g/mol. The lowest BCUT2D eigenvalue weighted by Crippen LogP contribution is -2.21. The highest BCUT2D eigenvalue weighted by Crippen LogP contribution is 2.16. The van der Waals surface area contributed by atoms with Gasteiger partial charge in [-0.3, -0.25) is 4.79 Å². The Hall–Kier alpha value is -1.43. The first-order valence-corrected chi connectivity index (χ1v) is 5.78. The molecule has 94 valence electrons. The molecule has 1 unspecified atom stereocenters. The maximum Gasteiger partial charge on any atom is 0.315 e. The minimum atomic E-state index is -0.380. The van der Waals surface area contributed by atoms with Gasteiger partial charge in [-0.1, -0.05) is 5.16 Å². The second kappa shape index (κ2) is 5.77. The molecule has 1 saturated heterocycles. The summed E-state index contributed by atoms with van der Waals surface area (Å²) in [6, 6.07) is 0. The number of hydrogen-bond acceptors (Lipinski definition) is 6. The van der Waals surface area contributed by atoms with Crippen LogP contribution in [0.15, 0.2) is 4.52 Å². The zero-order valence-corrected chi connectivity index (χ0v) is 9.85. The molecule has 1 aliphatic heterocycles. The number of ether oxygens (including phenoxy) is 2. The summed E-state index contributed by atoms with van der Waals surface area (Å²) in [5, 5.41) is 3.82. The molecule has 1 aliphatic rings. The molecule has 2 rings (SSSR count). The summed E-state index contributed by atoms with van der Waals surface area (Å²) in [4.78, 5) is 15.1. The first kappa shape index (κ1) is 12.0. The van der Waals surface area contributed by atoms with Crippen LogP contribution in [-0.4, -0.2) is 35.9 Å². The van der Waals surface area contributed by atoms with Gasteiger partial charge >= 0.3 is 5.97 Å². The molecular weight excluding hydrogens is 224 g/mol. The first-order chi connectivity index (χ1) is 8.28. The Kier molecular flexibility index (Phi) is 4.08. The van der Waals surface area contributed by atoms with Crippen LogP contribution in [0, 0.1) is 0 Å². The van der Waals surface area contributed by atoms with Gasteiger partial charge in [0.2, 0.25) is 5.89 Å². The number of esters is 1. The maximum absolute atomic E-state index is 11.0. The van der Waals surface area contributed by atoms with E-state index in [1.165, 1.54) is 13.5 Å². The van der Waals surface area contributed by atoms with Gasteiger partial charge in [-0.25, -0.2) is 0 Å². The number of aromatic nitrogens is 2. The fraction of sp³-hybridized carbons (Fsp3) is 0.727. The molecule has 6 nitrogen and oxygen atoms in total. The summed E-state index contributed by atoms with van der Waals surface area (Å²) in [5.74, 6) is 0.507. The van der Waals surface area contributed by atoms with Crippen molar-refractivity contribution >= 4 is 5.97 Å². The molecule has 17 heavy (non-hydrogen) atoms. The van der Waals surface area contributed by atoms with Crippen LogP contribution >= 0.6 is 0 Å². The van der Waals surface area contributed by atoms with Crippen molar-refractivity contribution in [2.45, 2.75) is 38.2 Å². The smallest absolute Gasteiger partial charge is 0.315 e. The normalized spacial score (nSPS) is 20.2. The number of nitrogens with zero attached hydrogens (tertiary/aromatic N) is 2. The van der Waals surface area contributed by atoms with Gasteiger partial charge in [-0.2, -0.15) is 4.98 Å². The zero-order chi connectivity index (χ0) is 12.1. The van der Waals surface area contributed by atoms with Crippen LogP contribution in [0.1, 0.15) is 31.0 Å². The number of carbonyl (C=O) groups is 1. The maximum atomic E-state index is 11.0. The van der Waals surface area contributed by atoms with E-state index in [1.807, 2.05) is 0 Å². The quantitative estimate of drug-likeness (QED) is 0.728. The lowest BCUT2D eigenvalue weighted by molar-refractivity contribution is -0.140.